The van der Waals surface area contributed by atoms with Crippen LogP contribution in [0, 0.1) is 5.92 Å². The molecule has 0 heterocycles. The fraction of sp³-hybridized carbons (Fsp3) is 0.385. The molecule has 0 radical (unpaired) electrons. The summed E-state index contributed by atoms with van der Waals surface area (Å²) in [4.78, 5) is 21.7. The number of carbonyl (C=O) groups is 2. The van der Waals surface area contributed by atoms with E-state index in [1.54, 1.807) is 6.92 Å². The predicted molar refractivity (Wildman–Crippen MR) is 66.0 cm³/mol. The van der Waals surface area contributed by atoms with Crippen LogP contribution in [-0.2, 0) is 16.1 Å². The molecular formula is C13H17NO4. The molecule has 1 amide bonds. The van der Waals surface area contributed by atoms with E-state index in [2.05, 4.69) is 5.32 Å². The number of carbonyl (C=O) groups excluding carboxylic acids is 1. The molecule has 0 spiro atoms. The van der Waals surface area contributed by atoms with Crippen LogP contribution in [0.4, 0.5) is 4.79 Å². The Hall–Kier alpha value is -2.04. The van der Waals surface area contributed by atoms with Gasteiger partial charge in [-0.1, -0.05) is 37.3 Å². The van der Waals surface area contributed by atoms with Gasteiger partial charge in [0.1, 0.15) is 6.61 Å². The Kier molecular flexibility index (Phi) is 5.70. The van der Waals surface area contributed by atoms with E-state index in [-0.39, 0.29) is 18.9 Å². The minimum absolute atomic E-state index is 0.0268. The van der Waals surface area contributed by atoms with Gasteiger partial charge in [0.25, 0.3) is 0 Å². The number of carboxylic acid groups (broad SMARTS) is 1. The van der Waals surface area contributed by atoms with E-state index < -0.39 is 12.1 Å². The summed E-state index contributed by atoms with van der Waals surface area (Å²) in [6.45, 7) is 2.26. The first kappa shape index (κ1) is 14.0. The van der Waals surface area contributed by atoms with Crippen LogP contribution in [0.3, 0.4) is 0 Å². The summed E-state index contributed by atoms with van der Waals surface area (Å²) in [6.07, 6.45) is -0.505. The van der Waals surface area contributed by atoms with Crippen LogP contribution in [-0.4, -0.2) is 23.7 Å². The first-order valence-corrected chi connectivity index (χ1v) is 5.74. The number of hydrogen-bond donors (Lipinski definition) is 2. The predicted octanol–water partition coefficient (Wildman–Crippen LogP) is 2.02. The van der Waals surface area contributed by atoms with Crippen LogP contribution in [0.25, 0.3) is 0 Å². The number of carboxylic acids is 1. The van der Waals surface area contributed by atoms with E-state index in [0.29, 0.717) is 6.54 Å². The average molecular weight is 251 g/mol. The molecule has 0 saturated heterocycles. The lowest BCUT2D eigenvalue weighted by molar-refractivity contribution is -0.137. The third-order valence-electron chi connectivity index (χ3n) is 2.33. The minimum atomic E-state index is -0.873. The number of hydrogen-bond acceptors (Lipinski definition) is 3. The molecule has 1 aromatic rings. The van der Waals surface area contributed by atoms with Crippen LogP contribution in [0.15, 0.2) is 30.3 Å². The van der Waals surface area contributed by atoms with E-state index in [4.69, 9.17) is 9.84 Å². The summed E-state index contributed by atoms with van der Waals surface area (Å²) in [5, 5.41) is 11.1. The summed E-state index contributed by atoms with van der Waals surface area (Å²) < 4.78 is 4.99. The highest BCUT2D eigenvalue weighted by molar-refractivity contribution is 5.68. The van der Waals surface area contributed by atoms with Gasteiger partial charge < -0.3 is 15.2 Å². The van der Waals surface area contributed by atoms with E-state index in [9.17, 15) is 9.59 Å². The summed E-state index contributed by atoms with van der Waals surface area (Å²) in [5.41, 5.74) is 0.909. The van der Waals surface area contributed by atoms with Gasteiger partial charge in [-0.3, -0.25) is 4.79 Å². The molecule has 0 unspecified atom stereocenters. The van der Waals surface area contributed by atoms with E-state index >= 15 is 0 Å². The third-order valence-corrected chi connectivity index (χ3v) is 2.33. The molecule has 0 aromatic heterocycles. The number of rotatable bonds is 6. The SMILES string of the molecule is C[C@H](CNC(=O)OCc1ccccc1)CC(=O)O. The summed E-state index contributed by atoms with van der Waals surface area (Å²) in [5.74, 6) is -0.992. The van der Waals surface area contributed by atoms with E-state index in [1.165, 1.54) is 0 Å². The quantitative estimate of drug-likeness (QED) is 0.811. The van der Waals surface area contributed by atoms with Crippen molar-refractivity contribution in [2.45, 2.75) is 20.0 Å². The topological polar surface area (TPSA) is 75.6 Å². The van der Waals surface area contributed by atoms with Gasteiger partial charge in [0.05, 0.1) is 0 Å². The Balaban J connectivity index is 2.20. The van der Waals surface area contributed by atoms with Crippen molar-refractivity contribution in [3.05, 3.63) is 35.9 Å². The largest absolute Gasteiger partial charge is 0.481 e. The molecule has 5 heteroatoms. The van der Waals surface area contributed by atoms with Crippen LogP contribution in [0.2, 0.25) is 0 Å². The highest BCUT2D eigenvalue weighted by Gasteiger charge is 2.09. The zero-order valence-corrected chi connectivity index (χ0v) is 10.3. The molecule has 0 saturated carbocycles. The lowest BCUT2D eigenvalue weighted by Crippen LogP contribution is -2.29. The Morgan fingerprint density at radius 1 is 1.33 bits per heavy atom. The van der Waals surface area contributed by atoms with Crippen LogP contribution < -0.4 is 5.32 Å². The lowest BCUT2D eigenvalue weighted by Gasteiger charge is -2.10. The van der Waals surface area contributed by atoms with Crippen molar-refractivity contribution in [2.24, 2.45) is 5.92 Å². The van der Waals surface area contributed by atoms with Crippen LogP contribution >= 0.6 is 0 Å². The Bertz CT molecular complexity index is 391. The molecule has 0 aliphatic heterocycles. The fourth-order valence-electron chi connectivity index (χ4n) is 1.40. The molecule has 0 aliphatic rings. The lowest BCUT2D eigenvalue weighted by atomic mass is 10.1. The molecule has 2 N–H and O–H groups in total. The maximum absolute atomic E-state index is 11.3. The van der Waals surface area contributed by atoms with Crippen molar-refractivity contribution in [1.82, 2.24) is 5.32 Å². The Morgan fingerprint density at radius 2 is 2.00 bits per heavy atom. The van der Waals surface area contributed by atoms with Gasteiger partial charge in [-0.25, -0.2) is 4.79 Å². The first-order chi connectivity index (χ1) is 8.58. The second-order valence-electron chi connectivity index (χ2n) is 4.15. The molecule has 0 fully saturated rings. The Labute approximate surface area is 106 Å². The molecule has 0 bridgehead atoms. The molecule has 18 heavy (non-hydrogen) atoms. The minimum Gasteiger partial charge on any atom is -0.481 e. The number of nitrogens with one attached hydrogen (secondary N) is 1. The summed E-state index contributed by atoms with van der Waals surface area (Å²) in [6, 6.07) is 9.34. The van der Waals surface area contributed by atoms with Gasteiger partial charge in [-0.2, -0.15) is 0 Å². The zero-order chi connectivity index (χ0) is 13.4. The molecule has 5 nitrogen and oxygen atoms in total. The monoisotopic (exact) mass is 251 g/mol. The smallest absolute Gasteiger partial charge is 0.407 e. The standard InChI is InChI=1S/C13H17NO4/c1-10(7-12(15)16)8-14-13(17)18-9-11-5-3-2-4-6-11/h2-6,10H,7-9H2,1H3,(H,14,17)(H,15,16)/t10-/m0/s1. The highest BCUT2D eigenvalue weighted by Crippen LogP contribution is 2.02. The molecule has 1 atom stereocenters. The molecule has 98 valence electrons. The van der Waals surface area contributed by atoms with Crippen molar-refractivity contribution in [1.29, 1.82) is 0 Å². The van der Waals surface area contributed by atoms with Gasteiger partial charge in [-0.15, -0.1) is 0 Å². The maximum Gasteiger partial charge on any atom is 0.407 e. The molecule has 0 aliphatic carbocycles. The first-order valence-electron chi connectivity index (χ1n) is 5.74. The van der Waals surface area contributed by atoms with Crippen LogP contribution in [0.1, 0.15) is 18.9 Å². The van der Waals surface area contributed by atoms with Crippen molar-refractivity contribution in [3.8, 4) is 0 Å². The molecule has 1 rings (SSSR count). The molecular weight excluding hydrogens is 234 g/mol. The second-order valence-corrected chi connectivity index (χ2v) is 4.15. The van der Waals surface area contributed by atoms with Gasteiger partial charge in [0.15, 0.2) is 0 Å². The number of aliphatic carboxylic acids is 1. The average Bonchev–Trinajstić information content (AvgIpc) is 2.34. The van der Waals surface area contributed by atoms with Gasteiger partial charge >= 0.3 is 12.1 Å². The molecule has 1 aromatic carbocycles. The third kappa shape index (κ3) is 5.89. The van der Waals surface area contributed by atoms with Gasteiger partial charge in [0.2, 0.25) is 0 Å². The van der Waals surface area contributed by atoms with Crippen molar-refractivity contribution in [2.75, 3.05) is 6.54 Å². The highest BCUT2D eigenvalue weighted by atomic mass is 16.5. The van der Waals surface area contributed by atoms with Gasteiger partial charge in [-0.05, 0) is 11.5 Å². The van der Waals surface area contributed by atoms with Crippen molar-refractivity contribution < 1.29 is 19.4 Å². The number of alkyl carbamates (subject to hydrolysis) is 1. The van der Waals surface area contributed by atoms with E-state index in [1.807, 2.05) is 30.3 Å². The fourth-order valence-corrected chi connectivity index (χ4v) is 1.40. The summed E-state index contributed by atoms with van der Waals surface area (Å²) in [7, 11) is 0. The number of benzene rings is 1. The van der Waals surface area contributed by atoms with Crippen LogP contribution in [0.5, 0.6) is 0 Å². The van der Waals surface area contributed by atoms with E-state index in [0.717, 1.165) is 5.56 Å². The van der Waals surface area contributed by atoms with Crippen molar-refractivity contribution in [3.63, 3.8) is 0 Å². The normalized spacial score (nSPS) is 11.6. The second kappa shape index (κ2) is 7.32. The maximum atomic E-state index is 11.3. The number of amides is 1. The number of ether oxygens (including phenoxy) is 1. The zero-order valence-electron chi connectivity index (χ0n) is 10.3. The Morgan fingerprint density at radius 3 is 2.61 bits per heavy atom. The van der Waals surface area contributed by atoms with Crippen molar-refractivity contribution >= 4 is 12.1 Å². The van der Waals surface area contributed by atoms with Gasteiger partial charge in [0, 0.05) is 13.0 Å². The summed E-state index contributed by atoms with van der Waals surface area (Å²) >= 11 is 0.